The maximum Gasteiger partial charge on any atom is 0.311 e. The molecule has 1 atom stereocenters. The number of benzene rings is 1. The third kappa shape index (κ3) is 3.90. The number of carboxylic acid groups (broad SMARTS) is 1. The molecule has 0 radical (unpaired) electrons. The van der Waals surface area contributed by atoms with Crippen molar-refractivity contribution in [2.24, 2.45) is 5.41 Å². The Balaban J connectivity index is 1.63. The molecule has 2 fully saturated rings. The van der Waals surface area contributed by atoms with Gasteiger partial charge < -0.3 is 15.7 Å². The SMILES string of the molecule is O=C(CC1(C(=O)O)CCSC1)Nc1cccc(C(=O)NC2CC2)c1. The van der Waals surface area contributed by atoms with E-state index in [2.05, 4.69) is 10.6 Å². The fourth-order valence-electron chi connectivity index (χ4n) is 2.74. The predicted molar refractivity (Wildman–Crippen MR) is 92.2 cm³/mol. The summed E-state index contributed by atoms with van der Waals surface area (Å²) < 4.78 is 0. The summed E-state index contributed by atoms with van der Waals surface area (Å²) in [6, 6.07) is 6.98. The van der Waals surface area contributed by atoms with E-state index in [1.54, 1.807) is 36.0 Å². The molecule has 3 rings (SSSR count). The maximum absolute atomic E-state index is 12.3. The summed E-state index contributed by atoms with van der Waals surface area (Å²) in [5, 5.41) is 15.1. The molecule has 2 aliphatic rings. The highest BCUT2D eigenvalue weighted by atomic mass is 32.2. The van der Waals surface area contributed by atoms with Crippen molar-refractivity contribution in [3.63, 3.8) is 0 Å². The van der Waals surface area contributed by atoms with Gasteiger partial charge in [-0.05, 0) is 43.2 Å². The molecule has 0 bridgehead atoms. The average Bonchev–Trinajstić information content (AvgIpc) is 3.22. The third-order valence-electron chi connectivity index (χ3n) is 4.38. The highest BCUT2D eigenvalue weighted by Gasteiger charge is 2.43. The Morgan fingerprint density at radius 2 is 2.08 bits per heavy atom. The summed E-state index contributed by atoms with van der Waals surface area (Å²) in [6.45, 7) is 0. The molecule has 1 saturated carbocycles. The number of amides is 2. The first-order chi connectivity index (χ1) is 11.5. The minimum Gasteiger partial charge on any atom is -0.481 e. The van der Waals surface area contributed by atoms with Crippen LogP contribution < -0.4 is 10.6 Å². The van der Waals surface area contributed by atoms with Crippen molar-refractivity contribution < 1.29 is 19.5 Å². The van der Waals surface area contributed by atoms with Crippen LogP contribution in [0.1, 0.15) is 36.0 Å². The van der Waals surface area contributed by atoms with Crippen molar-refractivity contribution >= 4 is 35.2 Å². The zero-order valence-electron chi connectivity index (χ0n) is 13.2. The number of aliphatic carboxylic acids is 1. The number of thioether (sulfide) groups is 1. The molecule has 1 aliphatic carbocycles. The molecule has 6 nitrogen and oxygen atoms in total. The number of nitrogens with one attached hydrogen (secondary N) is 2. The van der Waals surface area contributed by atoms with Crippen LogP contribution in [0.4, 0.5) is 5.69 Å². The number of carbonyl (C=O) groups is 3. The molecule has 24 heavy (non-hydrogen) atoms. The highest BCUT2D eigenvalue weighted by Crippen LogP contribution is 2.39. The van der Waals surface area contributed by atoms with Crippen LogP contribution in [0.25, 0.3) is 0 Å². The van der Waals surface area contributed by atoms with Gasteiger partial charge in [0.15, 0.2) is 0 Å². The predicted octanol–water partition coefficient (Wildman–Crippen LogP) is 2.12. The maximum atomic E-state index is 12.3. The molecule has 1 aromatic carbocycles. The largest absolute Gasteiger partial charge is 0.481 e. The molecule has 3 N–H and O–H groups in total. The fraction of sp³-hybridized carbons (Fsp3) is 0.471. The Bertz CT molecular complexity index is 666. The van der Waals surface area contributed by atoms with Gasteiger partial charge in [0.2, 0.25) is 5.91 Å². The molecule has 1 unspecified atom stereocenters. The summed E-state index contributed by atoms with van der Waals surface area (Å²) >= 11 is 1.56. The van der Waals surface area contributed by atoms with Crippen LogP contribution >= 0.6 is 11.8 Å². The van der Waals surface area contributed by atoms with E-state index >= 15 is 0 Å². The van der Waals surface area contributed by atoms with Gasteiger partial charge in [-0.15, -0.1) is 0 Å². The quantitative estimate of drug-likeness (QED) is 0.732. The minimum atomic E-state index is -0.976. The molecule has 2 amide bonds. The van der Waals surface area contributed by atoms with Crippen molar-refractivity contribution in [1.82, 2.24) is 5.32 Å². The Morgan fingerprint density at radius 1 is 1.29 bits per heavy atom. The first-order valence-electron chi connectivity index (χ1n) is 8.00. The summed E-state index contributed by atoms with van der Waals surface area (Å²) in [6.07, 6.45) is 2.48. The van der Waals surface area contributed by atoms with Crippen LogP contribution in [0.2, 0.25) is 0 Å². The van der Waals surface area contributed by atoms with Crippen LogP contribution in [0, 0.1) is 5.41 Å². The lowest BCUT2D eigenvalue weighted by Gasteiger charge is -2.22. The fourth-order valence-corrected chi connectivity index (χ4v) is 4.18. The van der Waals surface area contributed by atoms with Gasteiger partial charge in [0.05, 0.1) is 5.41 Å². The molecule has 1 saturated heterocycles. The van der Waals surface area contributed by atoms with Crippen molar-refractivity contribution in [2.75, 3.05) is 16.8 Å². The minimum absolute atomic E-state index is 0.0478. The first-order valence-corrected chi connectivity index (χ1v) is 9.16. The standard InChI is InChI=1S/C17H20N2O4S/c20-14(9-17(16(22)23)6-7-24-10-17)18-13-3-1-2-11(8-13)15(21)19-12-4-5-12/h1-3,8,12H,4-7,9-10H2,(H,18,20)(H,19,21)(H,22,23). The molecule has 0 spiro atoms. The topological polar surface area (TPSA) is 95.5 Å². The van der Waals surface area contributed by atoms with Gasteiger partial charge in [0.25, 0.3) is 5.91 Å². The van der Waals surface area contributed by atoms with E-state index in [9.17, 15) is 19.5 Å². The Kier molecular flexibility index (Phi) is 4.80. The lowest BCUT2D eigenvalue weighted by Crippen LogP contribution is -2.35. The van der Waals surface area contributed by atoms with E-state index in [4.69, 9.17) is 0 Å². The van der Waals surface area contributed by atoms with E-state index in [1.807, 2.05) is 0 Å². The molecule has 1 heterocycles. The van der Waals surface area contributed by atoms with Crippen LogP contribution in [-0.4, -0.2) is 40.4 Å². The van der Waals surface area contributed by atoms with Gasteiger partial charge >= 0.3 is 5.97 Å². The van der Waals surface area contributed by atoms with E-state index in [0.29, 0.717) is 23.4 Å². The van der Waals surface area contributed by atoms with E-state index in [-0.39, 0.29) is 24.3 Å². The summed E-state index contributed by atoms with van der Waals surface area (Å²) in [7, 11) is 0. The lowest BCUT2D eigenvalue weighted by molar-refractivity contribution is -0.149. The highest BCUT2D eigenvalue weighted by molar-refractivity contribution is 7.99. The molecule has 7 heteroatoms. The smallest absolute Gasteiger partial charge is 0.311 e. The second-order valence-electron chi connectivity index (χ2n) is 6.44. The molecule has 128 valence electrons. The van der Waals surface area contributed by atoms with E-state index in [1.165, 1.54) is 0 Å². The summed E-state index contributed by atoms with van der Waals surface area (Å²) in [5.74, 6) is -0.182. The van der Waals surface area contributed by atoms with Gasteiger partial charge in [-0.3, -0.25) is 14.4 Å². The number of rotatable bonds is 6. The van der Waals surface area contributed by atoms with E-state index < -0.39 is 11.4 Å². The summed E-state index contributed by atoms with van der Waals surface area (Å²) in [5.41, 5.74) is 0.0223. The zero-order valence-corrected chi connectivity index (χ0v) is 14.0. The van der Waals surface area contributed by atoms with Crippen LogP contribution in [0.3, 0.4) is 0 Å². The van der Waals surface area contributed by atoms with Crippen molar-refractivity contribution in [3.05, 3.63) is 29.8 Å². The third-order valence-corrected chi connectivity index (χ3v) is 5.63. The Morgan fingerprint density at radius 3 is 2.71 bits per heavy atom. The Hall–Kier alpha value is -2.02. The lowest BCUT2D eigenvalue weighted by atomic mass is 9.84. The monoisotopic (exact) mass is 348 g/mol. The van der Waals surface area contributed by atoms with Crippen LogP contribution in [-0.2, 0) is 9.59 Å². The molecular weight excluding hydrogens is 328 g/mol. The van der Waals surface area contributed by atoms with E-state index in [0.717, 1.165) is 18.6 Å². The normalized spacial score (nSPS) is 22.8. The second-order valence-corrected chi connectivity index (χ2v) is 7.55. The summed E-state index contributed by atoms with van der Waals surface area (Å²) in [4.78, 5) is 35.8. The number of hydrogen-bond acceptors (Lipinski definition) is 4. The van der Waals surface area contributed by atoms with Gasteiger partial charge in [0.1, 0.15) is 0 Å². The van der Waals surface area contributed by atoms with Gasteiger partial charge in [-0.25, -0.2) is 0 Å². The molecule has 0 aromatic heterocycles. The number of anilines is 1. The van der Waals surface area contributed by atoms with Crippen LogP contribution in [0.15, 0.2) is 24.3 Å². The zero-order chi connectivity index (χ0) is 17.2. The number of hydrogen-bond donors (Lipinski definition) is 3. The Labute approximate surface area is 144 Å². The molecular formula is C17H20N2O4S. The average molecular weight is 348 g/mol. The molecule has 1 aromatic rings. The second kappa shape index (κ2) is 6.84. The molecule has 1 aliphatic heterocycles. The number of carboxylic acids is 1. The van der Waals surface area contributed by atoms with Crippen LogP contribution in [0.5, 0.6) is 0 Å². The van der Waals surface area contributed by atoms with Gasteiger partial charge in [-0.1, -0.05) is 6.07 Å². The van der Waals surface area contributed by atoms with Gasteiger partial charge in [0, 0.05) is 29.5 Å². The number of carbonyl (C=O) groups excluding carboxylic acids is 2. The van der Waals surface area contributed by atoms with Crippen molar-refractivity contribution in [2.45, 2.75) is 31.7 Å². The van der Waals surface area contributed by atoms with Crippen molar-refractivity contribution in [3.8, 4) is 0 Å². The van der Waals surface area contributed by atoms with Crippen molar-refractivity contribution in [1.29, 1.82) is 0 Å². The first kappa shape index (κ1) is 16.8. The van der Waals surface area contributed by atoms with Gasteiger partial charge in [-0.2, -0.15) is 11.8 Å².